The van der Waals surface area contributed by atoms with Crippen LogP contribution >= 0.6 is 0 Å². The minimum Gasteiger partial charge on any atom is -0.378 e. The van der Waals surface area contributed by atoms with Crippen LogP contribution in [0.25, 0.3) is 17.2 Å². The Labute approximate surface area is 158 Å². The van der Waals surface area contributed by atoms with Crippen molar-refractivity contribution in [1.29, 1.82) is 0 Å². The molecular weight excluding hydrogens is 397 g/mol. The van der Waals surface area contributed by atoms with Crippen LogP contribution in [0.2, 0.25) is 0 Å². The zero-order valence-electron chi connectivity index (χ0n) is 14.7. The van der Waals surface area contributed by atoms with Crippen molar-refractivity contribution in [3.8, 4) is 17.2 Å². The number of halogens is 3. The van der Waals surface area contributed by atoms with E-state index < -0.39 is 22.0 Å². The Hall–Kier alpha value is -2.99. The molecule has 12 heteroatoms. The highest BCUT2D eigenvalue weighted by atomic mass is 32.2. The number of pyridine rings is 1. The predicted molar refractivity (Wildman–Crippen MR) is 95.3 cm³/mol. The van der Waals surface area contributed by atoms with Crippen LogP contribution in [-0.2, 0) is 16.2 Å². The summed E-state index contributed by atoms with van der Waals surface area (Å²) in [6, 6.07) is 8.99. The van der Waals surface area contributed by atoms with Crippen molar-refractivity contribution in [3.63, 3.8) is 0 Å². The molecule has 0 radical (unpaired) electrons. The van der Waals surface area contributed by atoms with Gasteiger partial charge < -0.3 is 4.90 Å². The van der Waals surface area contributed by atoms with Crippen LogP contribution in [-0.4, -0.2) is 42.3 Å². The van der Waals surface area contributed by atoms with Crippen molar-refractivity contribution in [3.05, 3.63) is 48.4 Å². The lowest BCUT2D eigenvalue weighted by Crippen LogP contribution is -2.13. The molecule has 2 aromatic heterocycles. The number of alkyl halides is 3. The fraction of sp³-hybridized carbons (Fsp3) is 0.188. The zero-order chi connectivity index (χ0) is 20.7. The lowest BCUT2D eigenvalue weighted by Gasteiger charge is -2.12. The van der Waals surface area contributed by atoms with Crippen molar-refractivity contribution in [1.82, 2.24) is 19.7 Å². The number of aromatic nitrogens is 4. The van der Waals surface area contributed by atoms with Gasteiger partial charge in [0.15, 0.2) is 11.6 Å². The van der Waals surface area contributed by atoms with E-state index in [0.29, 0.717) is 5.56 Å². The van der Waals surface area contributed by atoms with Crippen LogP contribution in [0, 0.1) is 0 Å². The summed E-state index contributed by atoms with van der Waals surface area (Å²) in [5.74, 6) is -1.47. The second kappa shape index (κ2) is 6.87. The topological polar surface area (TPSA) is 107 Å². The number of hydrogen-bond donors (Lipinski definition) is 1. The Morgan fingerprint density at radius 2 is 1.71 bits per heavy atom. The van der Waals surface area contributed by atoms with Gasteiger partial charge in [-0.15, -0.1) is 5.10 Å². The quantitative estimate of drug-likeness (QED) is 0.703. The summed E-state index contributed by atoms with van der Waals surface area (Å²) in [7, 11) is -0.328. The van der Waals surface area contributed by atoms with Gasteiger partial charge in [-0.3, -0.25) is 0 Å². The molecule has 0 saturated heterocycles. The molecule has 2 heterocycles. The van der Waals surface area contributed by atoms with Gasteiger partial charge in [0.2, 0.25) is 10.0 Å². The molecule has 148 valence electrons. The molecule has 0 spiro atoms. The fourth-order valence-electron chi connectivity index (χ4n) is 2.35. The average Bonchev–Trinajstić information content (AvgIpc) is 3.07. The number of nitrogens with zero attached hydrogens (tertiary/aromatic N) is 5. The molecule has 28 heavy (non-hydrogen) atoms. The molecule has 0 aliphatic carbocycles. The Bertz CT molecular complexity index is 1090. The summed E-state index contributed by atoms with van der Waals surface area (Å²) in [6.45, 7) is 0. The maximum absolute atomic E-state index is 13.1. The Morgan fingerprint density at radius 3 is 2.18 bits per heavy atom. The van der Waals surface area contributed by atoms with E-state index >= 15 is 0 Å². The fourth-order valence-corrected chi connectivity index (χ4v) is 2.81. The Kier molecular flexibility index (Phi) is 4.85. The van der Waals surface area contributed by atoms with E-state index in [9.17, 15) is 21.6 Å². The zero-order valence-corrected chi connectivity index (χ0v) is 15.5. The van der Waals surface area contributed by atoms with Crippen molar-refractivity contribution < 1.29 is 21.6 Å². The molecule has 0 atom stereocenters. The van der Waals surface area contributed by atoms with Crippen LogP contribution < -0.4 is 10.0 Å². The smallest absolute Gasteiger partial charge is 0.378 e. The molecule has 0 aliphatic heterocycles. The molecule has 1 aromatic carbocycles. The minimum atomic E-state index is -4.76. The monoisotopic (exact) mass is 412 g/mol. The maximum atomic E-state index is 13.1. The van der Waals surface area contributed by atoms with Gasteiger partial charge in [-0.1, -0.05) is 0 Å². The molecule has 0 fully saturated rings. The number of primary sulfonamides is 1. The first-order valence-corrected chi connectivity index (χ1v) is 9.33. The van der Waals surface area contributed by atoms with Crippen LogP contribution in [0.1, 0.15) is 5.82 Å². The molecular formula is C16H15F3N6O2S. The van der Waals surface area contributed by atoms with Gasteiger partial charge in [0, 0.05) is 31.5 Å². The number of anilines is 1. The van der Waals surface area contributed by atoms with E-state index in [1.54, 1.807) is 24.3 Å². The number of hydrogen-bond acceptors (Lipinski definition) is 6. The van der Waals surface area contributed by atoms with Gasteiger partial charge in [0.05, 0.1) is 0 Å². The molecule has 0 amide bonds. The van der Waals surface area contributed by atoms with Crippen molar-refractivity contribution in [2.45, 2.75) is 11.1 Å². The summed E-state index contributed by atoms with van der Waals surface area (Å²) in [5.41, 5.74) is 1.23. The Balaban J connectivity index is 2.13. The highest BCUT2D eigenvalue weighted by Gasteiger charge is 2.37. The first kappa shape index (κ1) is 19.8. The molecule has 0 aliphatic rings. The lowest BCUT2D eigenvalue weighted by molar-refractivity contribution is -0.144. The van der Waals surface area contributed by atoms with E-state index in [1.165, 1.54) is 6.07 Å². The molecule has 0 unspecified atom stereocenters. The first-order chi connectivity index (χ1) is 13.0. The highest BCUT2D eigenvalue weighted by Crippen LogP contribution is 2.30. The summed E-state index contributed by atoms with van der Waals surface area (Å²) >= 11 is 0. The van der Waals surface area contributed by atoms with Crippen molar-refractivity contribution in [2.75, 3.05) is 19.0 Å². The minimum absolute atomic E-state index is 0.0397. The van der Waals surface area contributed by atoms with Gasteiger partial charge in [-0.05, 0) is 36.4 Å². The molecule has 0 bridgehead atoms. The third-order valence-corrected chi connectivity index (χ3v) is 4.67. The van der Waals surface area contributed by atoms with E-state index in [0.717, 1.165) is 22.6 Å². The summed E-state index contributed by atoms with van der Waals surface area (Å²) in [6.07, 6.45) is -3.82. The second-order valence-electron chi connectivity index (χ2n) is 6.01. The maximum Gasteiger partial charge on any atom is 0.453 e. The molecule has 2 N–H and O–H groups in total. The van der Waals surface area contributed by atoms with Gasteiger partial charge in [-0.2, -0.15) is 17.9 Å². The van der Waals surface area contributed by atoms with Gasteiger partial charge >= 0.3 is 6.18 Å². The number of sulfonamides is 1. The molecule has 0 saturated carbocycles. The highest BCUT2D eigenvalue weighted by molar-refractivity contribution is 7.89. The number of nitrogens with two attached hydrogens (primary N) is 1. The summed E-state index contributed by atoms with van der Waals surface area (Å²) in [4.78, 5) is 9.04. The second-order valence-corrected chi connectivity index (χ2v) is 7.57. The van der Waals surface area contributed by atoms with E-state index in [-0.39, 0.29) is 16.5 Å². The Morgan fingerprint density at radius 1 is 1.07 bits per heavy atom. The third kappa shape index (κ3) is 3.97. The summed E-state index contributed by atoms with van der Waals surface area (Å²) in [5, 5.41) is 8.52. The molecule has 3 rings (SSSR count). The average molecular weight is 412 g/mol. The number of rotatable bonds is 4. The predicted octanol–water partition coefficient (Wildman–Crippen LogP) is 2.06. The largest absolute Gasteiger partial charge is 0.453 e. The van der Waals surface area contributed by atoms with E-state index in [1.807, 2.05) is 19.0 Å². The SMILES string of the molecule is CN(C)c1ccc(-c2nc(C(F)(F)F)nn2-c2ccc(S(N)(=O)=O)cn2)cc1. The van der Waals surface area contributed by atoms with Crippen LogP contribution in [0.3, 0.4) is 0 Å². The van der Waals surface area contributed by atoms with Gasteiger partial charge in [0.25, 0.3) is 5.82 Å². The van der Waals surface area contributed by atoms with Gasteiger partial charge in [0.1, 0.15) is 4.90 Å². The van der Waals surface area contributed by atoms with Crippen molar-refractivity contribution >= 4 is 15.7 Å². The first-order valence-electron chi connectivity index (χ1n) is 7.78. The summed E-state index contributed by atoms with van der Waals surface area (Å²) < 4.78 is 63.0. The normalized spacial score (nSPS) is 12.2. The van der Waals surface area contributed by atoms with Crippen molar-refractivity contribution in [2.24, 2.45) is 5.14 Å². The standard InChI is InChI=1S/C16H15F3N6O2S/c1-24(2)11-5-3-10(4-6-11)14-22-15(16(17,18)19)23-25(14)13-8-7-12(9-21-13)28(20,26)27/h3-9H,1-2H3,(H2,20,26,27). The molecule has 3 aromatic rings. The van der Waals surface area contributed by atoms with E-state index in [4.69, 9.17) is 5.14 Å². The van der Waals surface area contributed by atoms with Crippen LogP contribution in [0.15, 0.2) is 47.5 Å². The third-order valence-electron chi connectivity index (χ3n) is 3.77. The molecule has 8 nitrogen and oxygen atoms in total. The van der Waals surface area contributed by atoms with E-state index in [2.05, 4.69) is 15.1 Å². The number of benzene rings is 1. The lowest BCUT2D eigenvalue weighted by atomic mass is 10.2. The van der Waals surface area contributed by atoms with Gasteiger partial charge in [-0.25, -0.2) is 23.5 Å². The van der Waals surface area contributed by atoms with Crippen LogP contribution in [0.4, 0.5) is 18.9 Å². The van der Waals surface area contributed by atoms with Crippen LogP contribution in [0.5, 0.6) is 0 Å².